The van der Waals surface area contributed by atoms with Gasteiger partial charge >= 0.3 is 5.97 Å². The highest BCUT2D eigenvalue weighted by atomic mass is 19.1. The second kappa shape index (κ2) is 7.09. The van der Waals surface area contributed by atoms with E-state index in [2.05, 4.69) is 0 Å². The Balaban J connectivity index is 2.19. The maximum atomic E-state index is 13.5. The zero-order valence-electron chi connectivity index (χ0n) is 12.7. The molecule has 0 heterocycles. The number of ether oxygens (including phenoxy) is 2. The normalized spacial score (nSPS) is 10.7. The molecule has 0 bridgehead atoms. The molecule has 2 rings (SSSR count). The van der Waals surface area contributed by atoms with Crippen LogP contribution in [0.4, 0.5) is 8.78 Å². The van der Waals surface area contributed by atoms with Crippen LogP contribution in [-0.2, 0) is 6.61 Å². The minimum absolute atomic E-state index is 0.0457. The van der Waals surface area contributed by atoms with Gasteiger partial charge in [-0.25, -0.2) is 13.6 Å². The van der Waals surface area contributed by atoms with E-state index < -0.39 is 17.6 Å². The van der Waals surface area contributed by atoms with E-state index in [9.17, 15) is 18.7 Å². The average Bonchev–Trinajstić information content (AvgIpc) is 2.48. The molecule has 0 aromatic heterocycles. The van der Waals surface area contributed by atoms with Gasteiger partial charge in [0.05, 0.1) is 6.10 Å². The van der Waals surface area contributed by atoms with Gasteiger partial charge in [-0.1, -0.05) is 0 Å². The van der Waals surface area contributed by atoms with Gasteiger partial charge in [-0.05, 0) is 50.2 Å². The van der Waals surface area contributed by atoms with Crippen LogP contribution in [0.15, 0.2) is 36.4 Å². The van der Waals surface area contributed by atoms with E-state index in [4.69, 9.17) is 9.47 Å². The van der Waals surface area contributed by atoms with Crippen molar-refractivity contribution in [2.24, 2.45) is 0 Å². The van der Waals surface area contributed by atoms with Crippen LogP contribution >= 0.6 is 0 Å². The van der Waals surface area contributed by atoms with Gasteiger partial charge in [0, 0.05) is 5.56 Å². The van der Waals surface area contributed by atoms with Gasteiger partial charge < -0.3 is 14.6 Å². The number of halogens is 2. The van der Waals surface area contributed by atoms with Crippen LogP contribution < -0.4 is 9.47 Å². The summed E-state index contributed by atoms with van der Waals surface area (Å²) in [5, 5.41) is 9.22. The standard InChI is InChI=1S/C17H16F2O4/c1-10(2)23-16-6-4-13(8-14(16)17(20)21)22-9-11-7-12(18)3-5-15(11)19/h3-8,10H,9H2,1-2H3,(H,20,21). The van der Waals surface area contributed by atoms with Gasteiger partial charge in [-0.15, -0.1) is 0 Å². The lowest BCUT2D eigenvalue weighted by molar-refractivity contribution is 0.0690. The lowest BCUT2D eigenvalue weighted by atomic mass is 10.2. The van der Waals surface area contributed by atoms with Crippen molar-refractivity contribution in [2.75, 3.05) is 0 Å². The maximum absolute atomic E-state index is 13.5. The highest BCUT2D eigenvalue weighted by Crippen LogP contribution is 2.26. The van der Waals surface area contributed by atoms with Crippen molar-refractivity contribution in [3.63, 3.8) is 0 Å². The van der Waals surface area contributed by atoms with Crippen molar-refractivity contribution in [1.82, 2.24) is 0 Å². The first kappa shape index (κ1) is 16.7. The molecule has 122 valence electrons. The summed E-state index contributed by atoms with van der Waals surface area (Å²) in [7, 11) is 0. The summed E-state index contributed by atoms with van der Waals surface area (Å²) >= 11 is 0. The van der Waals surface area contributed by atoms with Gasteiger partial charge in [-0.3, -0.25) is 0 Å². The van der Waals surface area contributed by atoms with E-state index >= 15 is 0 Å². The quantitative estimate of drug-likeness (QED) is 0.872. The minimum Gasteiger partial charge on any atom is -0.490 e. The fourth-order valence-electron chi connectivity index (χ4n) is 1.94. The summed E-state index contributed by atoms with van der Waals surface area (Å²) in [4.78, 5) is 11.3. The maximum Gasteiger partial charge on any atom is 0.339 e. The number of benzene rings is 2. The number of aromatic carboxylic acids is 1. The van der Waals surface area contributed by atoms with E-state index in [0.717, 1.165) is 18.2 Å². The summed E-state index contributed by atoms with van der Waals surface area (Å²) in [6.07, 6.45) is -0.179. The molecule has 0 spiro atoms. The molecule has 0 fully saturated rings. The van der Waals surface area contributed by atoms with E-state index in [1.807, 2.05) is 0 Å². The molecule has 0 radical (unpaired) electrons. The third kappa shape index (κ3) is 4.42. The topological polar surface area (TPSA) is 55.8 Å². The van der Waals surface area contributed by atoms with Gasteiger partial charge in [0.1, 0.15) is 35.3 Å². The highest BCUT2D eigenvalue weighted by molar-refractivity contribution is 5.91. The summed E-state index contributed by atoms with van der Waals surface area (Å²) < 4.78 is 37.4. The van der Waals surface area contributed by atoms with E-state index in [0.29, 0.717) is 0 Å². The van der Waals surface area contributed by atoms with E-state index in [-0.39, 0.29) is 35.3 Å². The van der Waals surface area contributed by atoms with Gasteiger partial charge in [0.15, 0.2) is 0 Å². The third-order valence-corrected chi connectivity index (χ3v) is 2.95. The second-order valence-corrected chi connectivity index (χ2v) is 5.15. The smallest absolute Gasteiger partial charge is 0.339 e. The van der Waals surface area contributed by atoms with Crippen molar-refractivity contribution in [3.05, 3.63) is 59.2 Å². The largest absolute Gasteiger partial charge is 0.490 e. The van der Waals surface area contributed by atoms with E-state index in [1.165, 1.54) is 18.2 Å². The molecule has 6 heteroatoms. The minimum atomic E-state index is -1.16. The molecule has 0 amide bonds. The molecule has 0 saturated carbocycles. The summed E-state index contributed by atoms with van der Waals surface area (Å²) in [6, 6.07) is 7.33. The molecule has 4 nitrogen and oxygen atoms in total. The van der Waals surface area contributed by atoms with Crippen molar-refractivity contribution >= 4 is 5.97 Å². The monoisotopic (exact) mass is 322 g/mol. The highest BCUT2D eigenvalue weighted by Gasteiger charge is 2.14. The number of carboxylic acids is 1. The fraction of sp³-hybridized carbons (Fsp3) is 0.235. The Hall–Kier alpha value is -2.63. The molecular weight excluding hydrogens is 306 g/mol. The molecule has 0 aliphatic heterocycles. The van der Waals surface area contributed by atoms with Crippen LogP contribution in [0.5, 0.6) is 11.5 Å². The summed E-state index contributed by atoms with van der Waals surface area (Å²) in [5.74, 6) is -1.89. The molecule has 0 aliphatic rings. The van der Waals surface area contributed by atoms with Crippen molar-refractivity contribution in [1.29, 1.82) is 0 Å². The number of hydrogen-bond acceptors (Lipinski definition) is 3. The van der Waals surface area contributed by atoms with Crippen LogP contribution in [-0.4, -0.2) is 17.2 Å². The number of carbonyl (C=O) groups is 1. The zero-order valence-corrected chi connectivity index (χ0v) is 12.7. The molecule has 23 heavy (non-hydrogen) atoms. The molecular formula is C17H16F2O4. The van der Waals surface area contributed by atoms with Crippen molar-refractivity contribution < 1.29 is 28.2 Å². The first-order valence-corrected chi connectivity index (χ1v) is 6.97. The predicted molar refractivity (Wildman–Crippen MR) is 79.9 cm³/mol. The van der Waals surface area contributed by atoms with Crippen molar-refractivity contribution in [3.8, 4) is 11.5 Å². The molecule has 0 aliphatic carbocycles. The van der Waals surface area contributed by atoms with E-state index in [1.54, 1.807) is 13.8 Å². The van der Waals surface area contributed by atoms with Crippen molar-refractivity contribution in [2.45, 2.75) is 26.6 Å². The first-order valence-electron chi connectivity index (χ1n) is 6.97. The fourth-order valence-corrected chi connectivity index (χ4v) is 1.94. The second-order valence-electron chi connectivity index (χ2n) is 5.15. The lowest BCUT2D eigenvalue weighted by Crippen LogP contribution is -2.10. The Labute approximate surface area is 132 Å². The first-order chi connectivity index (χ1) is 10.9. The van der Waals surface area contributed by atoms with Gasteiger partial charge in [-0.2, -0.15) is 0 Å². The van der Waals surface area contributed by atoms with Gasteiger partial charge in [0.25, 0.3) is 0 Å². The molecule has 0 unspecified atom stereocenters. The van der Waals surface area contributed by atoms with Crippen LogP contribution in [0.2, 0.25) is 0 Å². The Morgan fingerprint density at radius 2 is 1.91 bits per heavy atom. The van der Waals surface area contributed by atoms with Crippen LogP contribution in [0.1, 0.15) is 29.8 Å². The zero-order chi connectivity index (χ0) is 17.0. The summed E-state index contributed by atoms with van der Waals surface area (Å²) in [5.41, 5.74) is -0.0136. The lowest BCUT2D eigenvalue weighted by Gasteiger charge is -2.14. The molecule has 1 N–H and O–H groups in total. The third-order valence-electron chi connectivity index (χ3n) is 2.95. The SMILES string of the molecule is CC(C)Oc1ccc(OCc2cc(F)ccc2F)cc1C(=O)O. The Morgan fingerprint density at radius 3 is 2.57 bits per heavy atom. The van der Waals surface area contributed by atoms with Crippen LogP contribution in [0.25, 0.3) is 0 Å². The Morgan fingerprint density at radius 1 is 1.17 bits per heavy atom. The molecule has 2 aromatic rings. The average molecular weight is 322 g/mol. The van der Waals surface area contributed by atoms with Crippen LogP contribution in [0.3, 0.4) is 0 Å². The number of rotatable bonds is 6. The molecule has 0 atom stereocenters. The summed E-state index contributed by atoms with van der Waals surface area (Å²) in [6.45, 7) is 3.35. The van der Waals surface area contributed by atoms with Gasteiger partial charge in [0.2, 0.25) is 0 Å². The molecule has 2 aromatic carbocycles. The Bertz CT molecular complexity index is 714. The predicted octanol–water partition coefficient (Wildman–Crippen LogP) is 4.03. The van der Waals surface area contributed by atoms with Crippen LogP contribution in [0, 0.1) is 11.6 Å². The Kier molecular flexibility index (Phi) is 5.16. The molecule has 0 saturated heterocycles. The number of carboxylic acid groups (broad SMARTS) is 1. The number of hydrogen-bond donors (Lipinski definition) is 1.